The van der Waals surface area contributed by atoms with Crippen LogP contribution in [0.3, 0.4) is 0 Å². The predicted molar refractivity (Wildman–Crippen MR) is 145 cm³/mol. The molecule has 1 fully saturated rings. The summed E-state index contributed by atoms with van der Waals surface area (Å²) in [6.45, 7) is 6.65. The molecule has 0 spiro atoms. The second-order valence-electron chi connectivity index (χ2n) is 9.36. The summed E-state index contributed by atoms with van der Waals surface area (Å²) >= 11 is 5.58. The van der Waals surface area contributed by atoms with Crippen LogP contribution in [0.4, 0.5) is 17.6 Å². The normalized spacial score (nSPS) is 15.6. The molecule has 5 rings (SSSR count). The van der Waals surface area contributed by atoms with Crippen LogP contribution < -0.4 is 25.2 Å². The van der Waals surface area contributed by atoms with Gasteiger partial charge in [-0.05, 0) is 59.8 Å². The first-order chi connectivity index (χ1) is 17.1. The fourth-order valence-corrected chi connectivity index (χ4v) is 4.77. The van der Waals surface area contributed by atoms with Gasteiger partial charge in [-0.2, -0.15) is 9.97 Å². The molecule has 2 aliphatic rings. The van der Waals surface area contributed by atoms with Crippen molar-refractivity contribution in [1.29, 1.82) is 0 Å². The Balaban J connectivity index is 1.32. The first-order valence-corrected chi connectivity index (χ1v) is 12.6. The van der Waals surface area contributed by atoms with E-state index >= 15 is 0 Å². The first kappa shape index (κ1) is 23.4. The molecule has 2 aromatic carbocycles. The molecular weight excluding hydrogens is 456 g/mol. The monoisotopic (exact) mass is 488 g/mol. The number of benzene rings is 2. The van der Waals surface area contributed by atoms with Crippen molar-refractivity contribution < 1.29 is 4.74 Å². The molecule has 8 heteroatoms. The van der Waals surface area contributed by atoms with Gasteiger partial charge in [0.05, 0.1) is 7.11 Å². The van der Waals surface area contributed by atoms with Crippen molar-refractivity contribution in [3.05, 3.63) is 71.3 Å². The summed E-state index contributed by atoms with van der Waals surface area (Å²) in [5.41, 5.74) is 3.82. The fraction of sp³-hybridized carbons (Fsp3) is 0.370. The lowest BCUT2D eigenvalue weighted by Gasteiger charge is -2.32. The number of thiocarbonyl (C=S) groups is 1. The van der Waals surface area contributed by atoms with E-state index in [0.29, 0.717) is 17.6 Å². The summed E-state index contributed by atoms with van der Waals surface area (Å²) in [4.78, 5) is 14.4. The molecule has 3 aromatic rings. The lowest BCUT2D eigenvalue weighted by atomic mass is 9.99. The molecule has 0 aliphatic carbocycles. The van der Waals surface area contributed by atoms with Gasteiger partial charge in [0.15, 0.2) is 5.11 Å². The zero-order chi connectivity index (χ0) is 24.2. The van der Waals surface area contributed by atoms with Gasteiger partial charge in [0, 0.05) is 38.8 Å². The molecule has 1 aromatic heterocycles. The number of hydrogen-bond acceptors (Lipinski definition) is 6. The van der Waals surface area contributed by atoms with Crippen LogP contribution in [0.1, 0.15) is 36.5 Å². The van der Waals surface area contributed by atoms with Gasteiger partial charge < -0.3 is 25.2 Å². The molecule has 0 unspecified atom stereocenters. The molecule has 0 bridgehead atoms. The van der Waals surface area contributed by atoms with E-state index in [2.05, 4.69) is 57.7 Å². The summed E-state index contributed by atoms with van der Waals surface area (Å²) < 4.78 is 5.23. The largest absolute Gasteiger partial charge is 0.497 e. The third-order valence-electron chi connectivity index (χ3n) is 6.81. The third kappa shape index (κ3) is 5.65. The van der Waals surface area contributed by atoms with E-state index < -0.39 is 0 Å². The highest BCUT2D eigenvalue weighted by Gasteiger charge is 2.23. The van der Waals surface area contributed by atoms with Crippen molar-refractivity contribution in [1.82, 2.24) is 15.3 Å². The van der Waals surface area contributed by atoms with E-state index in [1.165, 1.54) is 24.0 Å². The Morgan fingerprint density at radius 3 is 2.23 bits per heavy atom. The first-order valence-electron chi connectivity index (χ1n) is 12.2. The van der Waals surface area contributed by atoms with Gasteiger partial charge in [-0.1, -0.05) is 43.3 Å². The highest BCUT2D eigenvalue weighted by Crippen LogP contribution is 2.31. The van der Waals surface area contributed by atoms with Gasteiger partial charge in [0.25, 0.3) is 0 Å². The van der Waals surface area contributed by atoms with Gasteiger partial charge in [-0.15, -0.1) is 0 Å². The number of methoxy groups -OCH3 is 1. The van der Waals surface area contributed by atoms with E-state index in [-0.39, 0.29) is 0 Å². The average Bonchev–Trinajstić information content (AvgIpc) is 3.33. The minimum Gasteiger partial charge on any atom is -0.497 e. The summed E-state index contributed by atoms with van der Waals surface area (Å²) in [7, 11) is 1.67. The highest BCUT2D eigenvalue weighted by molar-refractivity contribution is 7.80. The van der Waals surface area contributed by atoms with E-state index in [4.69, 9.17) is 26.9 Å². The van der Waals surface area contributed by atoms with E-state index in [1.807, 2.05) is 24.3 Å². The Hall–Kier alpha value is -3.39. The molecule has 0 radical (unpaired) electrons. The van der Waals surface area contributed by atoms with E-state index in [1.54, 1.807) is 7.11 Å². The Labute approximate surface area is 212 Å². The van der Waals surface area contributed by atoms with Crippen molar-refractivity contribution in [2.75, 3.05) is 35.3 Å². The number of hydrogen-bond donors (Lipinski definition) is 2. The van der Waals surface area contributed by atoms with Crippen LogP contribution in [0.5, 0.6) is 5.75 Å². The summed E-state index contributed by atoms with van der Waals surface area (Å²) in [5, 5.41) is 6.99. The lowest BCUT2D eigenvalue weighted by Crippen LogP contribution is -2.34. The average molecular weight is 489 g/mol. The molecule has 0 atom stereocenters. The molecular formula is C27H32N6OS. The maximum Gasteiger partial charge on any atom is 0.232 e. The van der Waals surface area contributed by atoms with Crippen LogP contribution in [-0.2, 0) is 19.6 Å². The Bertz CT molecular complexity index is 1150. The number of rotatable bonds is 6. The van der Waals surface area contributed by atoms with E-state index in [9.17, 15) is 0 Å². The van der Waals surface area contributed by atoms with Crippen LogP contribution in [0.25, 0.3) is 0 Å². The number of ether oxygens (including phenoxy) is 1. The maximum absolute atomic E-state index is 5.58. The number of anilines is 3. The molecule has 3 heterocycles. The smallest absolute Gasteiger partial charge is 0.232 e. The number of nitrogens with zero attached hydrogens (tertiary/aromatic N) is 4. The zero-order valence-electron chi connectivity index (χ0n) is 20.3. The number of piperidine rings is 1. The fourth-order valence-electron chi connectivity index (χ4n) is 4.61. The molecule has 35 heavy (non-hydrogen) atoms. The van der Waals surface area contributed by atoms with Crippen molar-refractivity contribution in [2.24, 2.45) is 5.92 Å². The molecule has 0 amide bonds. The van der Waals surface area contributed by atoms with Crippen molar-refractivity contribution in [3.8, 4) is 5.75 Å². The summed E-state index contributed by atoms with van der Waals surface area (Å²) in [5.74, 6) is 4.00. The van der Waals surface area contributed by atoms with Gasteiger partial charge in [-0.3, -0.25) is 0 Å². The number of aromatic nitrogens is 2. The molecule has 1 saturated heterocycles. The number of fused-ring (bicyclic) bond motifs is 1. The van der Waals surface area contributed by atoms with Gasteiger partial charge in [-0.25, -0.2) is 0 Å². The van der Waals surface area contributed by atoms with Crippen LogP contribution >= 0.6 is 12.2 Å². The third-order valence-corrected chi connectivity index (χ3v) is 7.06. The molecule has 7 nitrogen and oxygen atoms in total. The van der Waals surface area contributed by atoms with Crippen LogP contribution in [0.2, 0.25) is 0 Å². The number of nitrogens with one attached hydrogen (secondary N) is 2. The molecule has 2 N–H and O–H groups in total. The quantitative estimate of drug-likeness (QED) is 0.483. The summed E-state index contributed by atoms with van der Waals surface area (Å²) in [6, 6.07) is 18.6. The van der Waals surface area contributed by atoms with Crippen LogP contribution in [0.15, 0.2) is 54.6 Å². The van der Waals surface area contributed by atoms with Crippen molar-refractivity contribution in [3.63, 3.8) is 0 Å². The minimum atomic E-state index is 0.501. The SMILES string of the molecule is COc1ccc(CNC(=S)Nc2nc(N3CCC(C)CC3)cc(N3Cc4ccccc4C3)n2)cc1. The predicted octanol–water partition coefficient (Wildman–Crippen LogP) is 4.73. The topological polar surface area (TPSA) is 65.6 Å². The van der Waals surface area contributed by atoms with Gasteiger partial charge in [0.1, 0.15) is 17.4 Å². The zero-order valence-corrected chi connectivity index (χ0v) is 21.1. The Morgan fingerprint density at radius 1 is 0.971 bits per heavy atom. The van der Waals surface area contributed by atoms with E-state index in [0.717, 1.165) is 55.0 Å². The second-order valence-corrected chi connectivity index (χ2v) is 9.77. The molecule has 0 saturated carbocycles. The maximum atomic E-state index is 5.58. The van der Waals surface area contributed by atoms with Crippen LogP contribution in [-0.4, -0.2) is 35.3 Å². The minimum absolute atomic E-state index is 0.501. The summed E-state index contributed by atoms with van der Waals surface area (Å²) in [6.07, 6.45) is 2.36. The van der Waals surface area contributed by atoms with Crippen molar-refractivity contribution >= 4 is 34.9 Å². The molecule has 182 valence electrons. The lowest BCUT2D eigenvalue weighted by molar-refractivity contribution is 0.414. The highest BCUT2D eigenvalue weighted by atomic mass is 32.1. The molecule has 2 aliphatic heterocycles. The second kappa shape index (κ2) is 10.5. The van der Waals surface area contributed by atoms with Crippen molar-refractivity contribution in [2.45, 2.75) is 39.4 Å². The van der Waals surface area contributed by atoms with Crippen LogP contribution in [0, 0.1) is 5.92 Å². The Kier molecular flexibility index (Phi) is 6.99. The Morgan fingerprint density at radius 2 is 1.60 bits per heavy atom. The standard InChI is InChI=1S/C27H32N6OS/c1-19-11-13-32(14-12-19)24-15-25(33-17-21-5-3-4-6-22(21)18-33)30-26(29-24)31-27(35)28-16-20-7-9-23(34-2)10-8-20/h3-10,15,19H,11-14,16-18H2,1-2H3,(H2,28,29,30,31,35). The van der Waals surface area contributed by atoms with Gasteiger partial charge >= 0.3 is 0 Å². The van der Waals surface area contributed by atoms with Gasteiger partial charge in [0.2, 0.25) is 5.95 Å².